The second-order valence-corrected chi connectivity index (χ2v) is 7.86. The summed E-state index contributed by atoms with van der Waals surface area (Å²) in [4.78, 5) is 13.6. The molecule has 1 amide bonds. The van der Waals surface area contributed by atoms with Gasteiger partial charge in [0.1, 0.15) is 30.1 Å². The molecule has 156 valence electrons. The Morgan fingerprint density at radius 1 is 1.20 bits per heavy atom. The highest BCUT2D eigenvalue weighted by Crippen LogP contribution is 2.35. The molecule has 2 aliphatic heterocycles. The van der Waals surface area contributed by atoms with Crippen LogP contribution in [0.1, 0.15) is 30.4 Å². The summed E-state index contributed by atoms with van der Waals surface area (Å²) < 4.78 is 33.4. The Kier molecular flexibility index (Phi) is 5.31. The maximum Gasteiger partial charge on any atom is 0.224 e. The molecule has 1 saturated heterocycles. The summed E-state index contributed by atoms with van der Waals surface area (Å²) in [5, 5.41) is 11.8. The smallest absolute Gasteiger partial charge is 0.224 e. The first-order chi connectivity index (χ1) is 14.4. The molecule has 2 aromatic carbocycles. The topological polar surface area (TPSA) is 91.4 Å². The third kappa shape index (κ3) is 3.94. The number of anilines is 2. The van der Waals surface area contributed by atoms with Crippen LogP contribution in [0, 0.1) is 23.0 Å². The largest absolute Gasteiger partial charge is 0.491 e. The Hall–Kier alpha value is -3.18. The Bertz CT molecular complexity index is 1030. The fourth-order valence-electron chi connectivity index (χ4n) is 3.99. The number of carbonyl (C=O) groups is 1. The summed E-state index contributed by atoms with van der Waals surface area (Å²) in [6, 6.07) is 9.09. The molecule has 0 spiro atoms. The second-order valence-electron chi connectivity index (χ2n) is 7.86. The predicted molar refractivity (Wildman–Crippen MR) is 108 cm³/mol. The molecule has 30 heavy (non-hydrogen) atoms. The number of fused-ring (bicyclic) bond motifs is 1. The third-order valence-electron chi connectivity index (χ3n) is 5.78. The van der Waals surface area contributed by atoms with Crippen molar-refractivity contribution in [1.82, 2.24) is 0 Å². The maximum atomic E-state index is 14.0. The number of benzene rings is 2. The Balaban J connectivity index is 1.43. The Morgan fingerprint density at radius 2 is 1.97 bits per heavy atom. The van der Waals surface area contributed by atoms with Crippen LogP contribution in [0.3, 0.4) is 0 Å². The van der Waals surface area contributed by atoms with Gasteiger partial charge in [-0.25, -0.2) is 8.78 Å². The number of nitrogens with one attached hydrogen (secondary N) is 1. The number of ether oxygens (including phenoxy) is 1. The molecule has 0 atom stereocenters. The third-order valence-corrected chi connectivity index (χ3v) is 5.78. The van der Waals surface area contributed by atoms with Gasteiger partial charge in [-0.2, -0.15) is 5.26 Å². The molecule has 0 unspecified atom stereocenters. The van der Waals surface area contributed by atoms with Crippen molar-refractivity contribution in [2.24, 2.45) is 5.73 Å². The molecule has 3 N–H and O–H groups in total. The number of nitrogens with two attached hydrogens (primary N) is 1. The average molecular weight is 412 g/mol. The molecular formula is C22H22F2N4O2. The van der Waals surface area contributed by atoms with Crippen LogP contribution in [-0.4, -0.2) is 31.1 Å². The normalized spacial score (nSPS) is 17.7. The first-order valence-corrected chi connectivity index (χ1v) is 9.86. The summed E-state index contributed by atoms with van der Waals surface area (Å²) in [6.45, 7) is 1.47. The van der Waals surface area contributed by atoms with Crippen molar-refractivity contribution in [2.75, 3.05) is 29.9 Å². The number of amides is 1. The molecule has 8 heteroatoms. The van der Waals surface area contributed by atoms with Gasteiger partial charge in [-0.05, 0) is 49.6 Å². The second kappa shape index (κ2) is 7.92. The molecule has 0 aromatic heterocycles. The molecular weight excluding hydrogens is 390 g/mol. The van der Waals surface area contributed by atoms with Crippen molar-refractivity contribution in [1.29, 1.82) is 5.26 Å². The van der Waals surface area contributed by atoms with Crippen molar-refractivity contribution in [3.05, 3.63) is 53.1 Å². The van der Waals surface area contributed by atoms with Gasteiger partial charge in [0.25, 0.3) is 0 Å². The highest BCUT2D eigenvalue weighted by atomic mass is 19.1. The van der Waals surface area contributed by atoms with Gasteiger partial charge in [0.15, 0.2) is 0 Å². The van der Waals surface area contributed by atoms with E-state index >= 15 is 0 Å². The van der Waals surface area contributed by atoms with E-state index < -0.39 is 17.2 Å². The zero-order chi connectivity index (χ0) is 21.3. The van der Waals surface area contributed by atoms with Gasteiger partial charge in [0, 0.05) is 25.1 Å². The van der Waals surface area contributed by atoms with E-state index in [1.165, 1.54) is 18.2 Å². The van der Waals surface area contributed by atoms with E-state index in [0.29, 0.717) is 54.9 Å². The first kappa shape index (κ1) is 20.1. The van der Waals surface area contributed by atoms with E-state index in [1.54, 1.807) is 12.1 Å². The number of hydrogen-bond donors (Lipinski definition) is 2. The van der Waals surface area contributed by atoms with Gasteiger partial charge in [-0.15, -0.1) is 0 Å². The van der Waals surface area contributed by atoms with E-state index in [2.05, 4.69) is 5.32 Å². The fraction of sp³-hybridized carbons (Fsp3) is 0.364. The van der Waals surface area contributed by atoms with Gasteiger partial charge >= 0.3 is 0 Å². The van der Waals surface area contributed by atoms with Crippen molar-refractivity contribution < 1.29 is 18.3 Å². The van der Waals surface area contributed by atoms with Crippen molar-refractivity contribution >= 4 is 17.3 Å². The summed E-state index contributed by atoms with van der Waals surface area (Å²) in [7, 11) is 0. The summed E-state index contributed by atoms with van der Waals surface area (Å²) >= 11 is 0. The van der Waals surface area contributed by atoms with Crippen LogP contribution in [0.4, 0.5) is 20.2 Å². The molecule has 1 fully saturated rings. The lowest BCUT2D eigenvalue weighted by Crippen LogP contribution is -2.54. The SMILES string of the molecule is N#Cc1cc(F)ccc1N1CCC(N)(COc2ccc(F)c3c2CCC(=O)N3)CC1. The molecule has 0 aliphatic carbocycles. The molecule has 4 rings (SSSR count). The van der Waals surface area contributed by atoms with Gasteiger partial charge in [-0.1, -0.05) is 0 Å². The zero-order valence-corrected chi connectivity index (χ0v) is 16.4. The lowest BCUT2D eigenvalue weighted by atomic mass is 9.89. The molecule has 2 heterocycles. The van der Waals surface area contributed by atoms with E-state index in [0.717, 1.165) is 0 Å². The van der Waals surface area contributed by atoms with Crippen LogP contribution in [0.25, 0.3) is 0 Å². The maximum absolute atomic E-state index is 14.0. The lowest BCUT2D eigenvalue weighted by molar-refractivity contribution is -0.116. The molecule has 6 nitrogen and oxygen atoms in total. The minimum Gasteiger partial charge on any atom is -0.491 e. The molecule has 0 bridgehead atoms. The number of hydrogen-bond acceptors (Lipinski definition) is 5. The number of rotatable bonds is 4. The van der Waals surface area contributed by atoms with Crippen LogP contribution in [0.15, 0.2) is 30.3 Å². The first-order valence-electron chi connectivity index (χ1n) is 9.86. The molecule has 0 radical (unpaired) electrons. The van der Waals surface area contributed by atoms with Crippen LogP contribution in [0.2, 0.25) is 0 Å². The van der Waals surface area contributed by atoms with E-state index in [4.69, 9.17) is 10.5 Å². The average Bonchev–Trinajstić information content (AvgIpc) is 2.74. The van der Waals surface area contributed by atoms with Gasteiger partial charge in [0.2, 0.25) is 5.91 Å². The van der Waals surface area contributed by atoms with E-state index in [-0.39, 0.29) is 24.6 Å². The van der Waals surface area contributed by atoms with Gasteiger partial charge < -0.3 is 20.7 Å². The van der Waals surface area contributed by atoms with Crippen molar-refractivity contribution in [3.63, 3.8) is 0 Å². The minimum atomic E-state index is -0.581. The number of nitriles is 1. The predicted octanol–water partition coefficient (Wildman–Crippen LogP) is 3.10. The highest BCUT2D eigenvalue weighted by molar-refractivity contribution is 5.94. The monoisotopic (exact) mass is 412 g/mol. The fourth-order valence-corrected chi connectivity index (χ4v) is 3.99. The number of nitrogens with zero attached hydrogens (tertiary/aromatic N) is 2. The highest BCUT2D eigenvalue weighted by Gasteiger charge is 2.33. The summed E-state index contributed by atoms with van der Waals surface area (Å²) in [6.07, 6.45) is 1.94. The Morgan fingerprint density at radius 3 is 2.70 bits per heavy atom. The van der Waals surface area contributed by atoms with Crippen LogP contribution in [0.5, 0.6) is 5.75 Å². The number of carbonyl (C=O) groups excluding carboxylic acids is 1. The zero-order valence-electron chi connectivity index (χ0n) is 16.4. The van der Waals surface area contributed by atoms with Crippen molar-refractivity contribution in [3.8, 4) is 11.8 Å². The van der Waals surface area contributed by atoms with Crippen LogP contribution >= 0.6 is 0 Å². The Labute approximate surface area is 173 Å². The number of piperidine rings is 1. The van der Waals surface area contributed by atoms with E-state index in [1.807, 2.05) is 11.0 Å². The van der Waals surface area contributed by atoms with Gasteiger partial charge in [-0.3, -0.25) is 4.79 Å². The van der Waals surface area contributed by atoms with Crippen molar-refractivity contribution in [2.45, 2.75) is 31.2 Å². The molecule has 2 aliphatic rings. The standard InChI is InChI=1S/C22H22F2N4O2/c23-15-1-4-18(14(11-15)12-25)28-9-7-22(26,8-10-28)13-30-19-5-3-17(24)21-16(19)2-6-20(29)27-21/h1,3-5,11H,2,6-10,13,26H2,(H,27,29). The van der Waals surface area contributed by atoms with Gasteiger partial charge in [0.05, 0.1) is 22.5 Å². The quantitative estimate of drug-likeness (QED) is 0.805. The summed E-state index contributed by atoms with van der Waals surface area (Å²) in [5.41, 5.74) is 7.81. The minimum absolute atomic E-state index is 0.185. The van der Waals surface area contributed by atoms with E-state index in [9.17, 15) is 18.8 Å². The molecule has 2 aromatic rings. The van der Waals surface area contributed by atoms with Crippen LogP contribution < -0.4 is 20.7 Å². The summed E-state index contributed by atoms with van der Waals surface area (Å²) in [5.74, 6) is -0.593. The molecule has 0 saturated carbocycles. The lowest BCUT2D eigenvalue weighted by Gasteiger charge is -2.40. The number of halogens is 2. The van der Waals surface area contributed by atoms with Crippen LogP contribution in [-0.2, 0) is 11.2 Å².